The van der Waals surface area contributed by atoms with Crippen molar-refractivity contribution in [3.8, 4) is 0 Å². The van der Waals surface area contributed by atoms with Gasteiger partial charge in [-0.25, -0.2) is 4.79 Å². The van der Waals surface area contributed by atoms with Gasteiger partial charge in [0.2, 0.25) is 0 Å². The lowest BCUT2D eigenvalue weighted by molar-refractivity contribution is 0.0527. The third kappa shape index (κ3) is 3.33. The number of hydrogen-bond acceptors (Lipinski definition) is 3. The van der Waals surface area contributed by atoms with Gasteiger partial charge in [0.05, 0.1) is 13.2 Å². The van der Waals surface area contributed by atoms with Crippen molar-refractivity contribution in [1.29, 1.82) is 0 Å². The second kappa shape index (κ2) is 6.21. The van der Waals surface area contributed by atoms with Gasteiger partial charge < -0.3 is 20.1 Å². The lowest BCUT2D eigenvalue weighted by atomic mass is 9.97. The Bertz CT molecular complexity index is 254. The van der Waals surface area contributed by atoms with Crippen molar-refractivity contribution < 1.29 is 14.6 Å². The van der Waals surface area contributed by atoms with Crippen LogP contribution in [-0.4, -0.2) is 55.5 Å². The third-order valence-corrected chi connectivity index (χ3v) is 3.86. The molecule has 5 nitrogen and oxygen atoms in total. The van der Waals surface area contributed by atoms with Gasteiger partial charge in [-0.2, -0.15) is 0 Å². The molecule has 2 atom stereocenters. The van der Waals surface area contributed by atoms with E-state index in [1.807, 2.05) is 0 Å². The molecule has 1 saturated carbocycles. The van der Waals surface area contributed by atoms with Crippen LogP contribution in [0.15, 0.2) is 0 Å². The minimum absolute atomic E-state index is 0.0110. The second-order valence-electron chi connectivity index (χ2n) is 4.92. The minimum atomic E-state index is 0.0110. The molecular formula is C12H22N2O3. The minimum Gasteiger partial charge on any atom is -0.396 e. The highest BCUT2D eigenvalue weighted by atomic mass is 16.5. The first kappa shape index (κ1) is 12.6. The first-order chi connectivity index (χ1) is 8.31. The van der Waals surface area contributed by atoms with Crippen molar-refractivity contribution in [2.75, 3.05) is 39.5 Å². The molecule has 1 heterocycles. The zero-order valence-corrected chi connectivity index (χ0v) is 10.2. The Morgan fingerprint density at radius 3 is 2.71 bits per heavy atom. The normalized spacial score (nSPS) is 29.4. The Balaban J connectivity index is 1.71. The van der Waals surface area contributed by atoms with Gasteiger partial charge in [-0.3, -0.25) is 0 Å². The van der Waals surface area contributed by atoms with Crippen LogP contribution in [0.2, 0.25) is 0 Å². The number of hydrogen-bond donors (Lipinski definition) is 2. The van der Waals surface area contributed by atoms with Crippen LogP contribution in [0, 0.1) is 11.8 Å². The van der Waals surface area contributed by atoms with Crippen LogP contribution in [0.3, 0.4) is 0 Å². The molecule has 1 saturated heterocycles. The summed E-state index contributed by atoms with van der Waals surface area (Å²) in [5.74, 6) is 0.824. The zero-order chi connectivity index (χ0) is 12.1. The molecule has 2 amide bonds. The second-order valence-corrected chi connectivity index (χ2v) is 4.92. The van der Waals surface area contributed by atoms with Crippen molar-refractivity contribution in [3.63, 3.8) is 0 Å². The summed E-state index contributed by atoms with van der Waals surface area (Å²) in [6.07, 6.45) is 3.38. The molecule has 0 spiro atoms. The topological polar surface area (TPSA) is 61.8 Å². The fraction of sp³-hybridized carbons (Fsp3) is 0.917. The predicted octanol–water partition coefficient (Wildman–Crippen LogP) is 0.437. The summed E-state index contributed by atoms with van der Waals surface area (Å²) in [5, 5.41) is 12.2. The highest BCUT2D eigenvalue weighted by Crippen LogP contribution is 2.30. The van der Waals surface area contributed by atoms with Gasteiger partial charge in [0.25, 0.3) is 0 Å². The Morgan fingerprint density at radius 2 is 2.00 bits per heavy atom. The van der Waals surface area contributed by atoms with E-state index >= 15 is 0 Å². The van der Waals surface area contributed by atoms with Gasteiger partial charge in [-0.15, -0.1) is 0 Å². The van der Waals surface area contributed by atoms with Crippen molar-refractivity contribution in [3.05, 3.63) is 0 Å². The van der Waals surface area contributed by atoms with Crippen LogP contribution in [0.5, 0.6) is 0 Å². The lowest BCUT2D eigenvalue weighted by Crippen LogP contribution is -2.47. The van der Waals surface area contributed by atoms with Crippen LogP contribution in [0.4, 0.5) is 4.79 Å². The SMILES string of the molecule is O=C(NCC1CCCC1CO)N1CCOCC1. The fourth-order valence-corrected chi connectivity index (χ4v) is 2.72. The van der Waals surface area contributed by atoms with Gasteiger partial charge in [0.1, 0.15) is 0 Å². The number of amides is 2. The van der Waals surface area contributed by atoms with E-state index in [1.165, 1.54) is 6.42 Å². The summed E-state index contributed by atoms with van der Waals surface area (Å²) >= 11 is 0. The average Bonchev–Trinajstić information content (AvgIpc) is 2.84. The molecule has 98 valence electrons. The van der Waals surface area contributed by atoms with Crippen LogP contribution < -0.4 is 5.32 Å². The number of aliphatic hydroxyl groups is 1. The smallest absolute Gasteiger partial charge is 0.317 e. The standard InChI is InChI=1S/C12H22N2O3/c15-9-11-3-1-2-10(11)8-13-12(16)14-4-6-17-7-5-14/h10-11,15H,1-9H2,(H,13,16). The van der Waals surface area contributed by atoms with Gasteiger partial charge in [-0.05, 0) is 24.7 Å². The van der Waals surface area contributed by atoms with Crippen molar-refractivity contribution in [2.45, 2.75) is 19.3 Å². The summed E-state index contributed by atoms with van der Waals surface area (Å²) in [4.78, 5) is 13.6. The van der Waals surface area contributed by atoms with E-state index in [0.29, 0.717) is 44.7 Å². The first-order valence-corrected chi connectivity index (χ1v) is 6.52. The maximum atomic E-state index is 11.8. The molecule has 0 bridgehead atoms. The highest BCUT2D eigenvalue weighted by molar-refractivity contribution is 5.74. The molecule has 1 aliphatic carbocycles. The Kier molecular flexibility index (Phi) is 4.62. The molecule has 2 unspecified atom stereocenters. The Labute approximate surface area is 102 Å². The quantitative estimate of drug-likeness (QED) is 0.755. The van der Waals surface area contributed by atoms with E-state index in [-0.39, 0.29) is 12.6 Å². The third-order valence-electron chi connectivity index (χ3n) is 3.86. The monoisotopic (exact) mass is 242 g/mol. The maximum absolute atomic E-state index is 11.8. The van der Waals surface area contributed by atoms with Crippen molar-refractivity contribution >= 4 is 6.03 Å². The number of urea groups is 1. The maximum Gasteiger partial charge on any atom is 0.317 e. The summed E-state index contributed by atoms with van der Waals surface area (Å²) in [6.45, 7) is 3.57. The summed E-state index contributed by atoms with van der Waals surface area (Å²) in [6, 6.07) is 0.0110. The lowest BCUT2D eigenvalue weighted by Gasteiger charge is -2.28. The van der Waals surface area contributed by atoms with Crippen LogP contribution in [-0.2, 0) is 4.74 Å². The molecule has 17 heavy (non-hydrogen) atoms. The van der Waals surface area contributed by atoms with E-state index in [9.17, 15) is 9.90 Å². The molecule has 2 fully saturated rings. The van der Waals surface area contributed by atoms with Crippen LogP contribution in [0.25, 0.3) is 0 Å². The van der Waals surface area contributed by atoms with Gasteiger partial charge in [0.15, 0.2) is 0 Å². The zero-order valence-electron chi connectivity index (χ0n) is 10.2. The molecule has 5 heteroatoms. The number of carbonyl (C=O) groups is 1. The Morgan fingerprint density at radius 1 is 1.29 bits per heavy atom. The molecule has 1 aliphatic heterocycles. The number of ether oxygens (including phenoxy) is 1. The highest BCUT2D eigenvalue weighted by Gasteiger charge is 2.27. The van der Waals surface area contributed by atoms with Crippen molar-refractivity contribution in [1.82, 2.24) is 10.2 Å². The van der Waals surface area contributed by atoms with E-state index in [4.69, 9.17) is 4.74 Å². The summed E-state index contributed by atoms with van der Waals surface area (Å²) in [7, 11) is 0. The van der Waals surface area contributed by atoms with Crippen molar-refractivity contribution in [2.24, 2.45) is 11.8 Å². The van der Waals surface area contributed by atoms with Gasteiger partial charge >= 0.3 is 6.03 Å². The first-order valence-electron chi connectivity index (χ1n) is 6.52. The molecule has 0 aromatic heterocycles. The number of rotatable bonds is 3. The molecule has 2 rings (SSSR count). The number of morpholine rings is 1. The summed E-state index contributed by atoms with van der Waals surface area (Å²) in [5.41, 5.74) is 0. The molecule has 2 N–H and O–H groups in total. The number of nitrogens with zero attached hydrogens (tertiary/aromatic N) is 1. The molecule has 2 aliphatic rings. The van der Waals surface area contributed by atoms with Crippen LogP contribution in [0.1, 0.15) is 19.3 Å². The van der Waals surface area contributed by atoms with Crippen LogP contribution >= 0.6 is 0 Å². The largest absolute Gasteiger partial charge is 0.396 e. The van der Waals surface area contributed by atoms with E-state index in [1.54, 1.807) is 4.90 Å². The van der Waals surface area contributed by atoms with Gasteiger partial charge in [-0.1, -0.05) is 6.42 Å². The van der Waals surface area contributed by atoms with E-state index in [0.717, 1.165) is 12.8 Å². The predicted molar refractivity (Wildman–Crippen MR) is 63.7 cm³/mol. The fourth-order valence-electron chi connectivity index (χ4n) is 2.72. The number of aliphatic hydroxyl groups excluding tert-OH is 1. The molecule has 0 radical (unpaired) electrons. The average molecular weight is 242 g/mol. The van der Waals surface area contributed by atoms with E-state index < -0.39 is 0 Å². The number of nitrogens with one attached hydrogen (secondary N) is 1. The molecule has 0 aromatic carbocycles. The summed E-state index contributed by atoms with van der Waals surface area (Å²) < 4.78 is 5.21. The molecule has 0 aromatic rings. The van der Waals surface area contributed by atoms with E-state index in [2.05, 4.69) is 5.32 Å². The van der Waals surface area contributed by atoms with Gasteiger partial charge in [0, 0.05) is 26.2 Å². The Hall–Kier alpha value is -0.810. The molecular weight excluding hydrogens is 220 g/mol. The number of carbonyl (C=O) groups excluding carboxylic acids is 1.